The molecule has 2 heterocycles. The highest BCUT2D eigenvalue weighted by Gasteiger charge is 2.14. The molecule has 2 rings (SSSR count). The fourth-order valence-corrected chi connectivity index (χ4v) is 2.02. The summed E-state index contributed by atoms with van der Waals surface area (Å²) in [5, 5.41) is 8.49. The number of aromatic amines is 1. The van der Waals surface area contributed by atoms with Crippen molar-refractivity contribution < 1.29 is 4.79 Å². The molecule has 0 aliphatic heterocycles. The van der Waals surface area contributed by atoms with Crippen molar-refractivity contribution in [3.8, 4) is 0 Å². The molecule has 0 atom stereocenters. The number of nitrogens with one attached hydrogen (secondary N) is 2. The van der Waals surface area contributed by atoms with Gasteiger partial charge in [-0.3, -0.25) is 14.6 Å². The second-order valence-corrected chi connectivity index (χ2v) is 5.14. The Bertz CT molecular complexity index is 730. The molecule has 2 aromatic heterocycles. The van der Waals surface area contributed by atoms with E-state index in [1.54, 1.807) is 12.4 Å². The van der Waals surface area contributed by atoms with Crippen LogP contribution in [-0.4, -0.2) is 21.1 Å². The number of hydrogen-bond acceptors (Lipinski definition) is 4. The van der Waals surface area contributed by atoms with Crippen LogP contribution in [0.5, 0.6) is 0 Å². The summed E-state index contributed by atoms with van der Waals surface area (Å²) >= 11 is 11.6. The lowest BCUT2D eigenvalue weighted by molar-refractivity contribution is -0.120. The number of hydrogen-bond donors (Lipinski definition) is 2. The minimum absolute atomic E-state index is 0.00402. The van der Waals surface area contributed by atoms with Gasteiger partial charge in [0, 0.05) is 18.9 Å². The normalized spacial score (nSPS) is 10.4. The summed E-state index contributed by atoms with van der Waals surface area (Å²) in [6.07, 6.45) is 3.32. The first-order valence-electron chi connectivity index (χ1n) is 6.07. The third-order valence-corrected chi connectivity index (χ3v) is 3.74. The number of halogens is 2. The Morgan fingerprint density at radius 3 is 2.86 bits per heavy atom. The molecule has 21 heavy (non-hydrogen) atoms. The minimum Gasteiger partial charge on any atom is -0.352 e. The number of aryl methyl sites for hydroxylation is 1. The van der Waals surface area contributed by atoms with Gasteiger partial charge in [-0.25, -0.2) is 5.10 Å². The van der Waals surface area contributed by atoms with Crippen molar-refractivity contribution >= 4 is 29.1 Å². The summed E-state index contributed by atoms with van der Waals surface area (Å²) < 4.78 is 0. The van der Waals surface area contributed by atoms with E-state index in [0.29, 0.717) is 6.54 Å². The van der Waals surface area contributed by atoms with Crippen LogP contribution in [0.2, 0.25) is 10.0 Å². The predicted molar refractivity (Wildman–Crippen MR) is 79.4 cm³/mol. The fraction of sp³-hybridized carbons (Fsp3) is 0.231. The fourth-order valence-electron chi connectivity index (χ4n) is 1.67. The van der Waals surface area contributed by atoms with Crippen LogP contribution >= 0.6 is 23.2 Å². The van der Waals surface area contributed by atoms with Gasteiger partial charge in [-0.15, -0.1) is 0 Å². The average Bonchev–Trinajstić information content (AvgIpc) is 2.47. The first-order chi connectivity index (χ1) is 9.99. The lowest BCUT2D eigenvalue weighted by Crippen LogP contribution is -2.26. The van der Waals surface area contributed by atoms with Crippen LogP contribution < -0.4 is 10.9 Å². The monoisotopic (exact) mass is 326 g/mol. The molecular formula is C13H12Cl2N4O2. The number of rotatable bonds is 4. The maximum Gasteiger partial charge on any atom is 0.284 e. The van der Waals surface area contributed by atoms with Gasteiger partial charge in [0.1, 0.15) is 5.02 Å². The molecule has 0 spiro atoms. The summed E-state index contributed by atoms with van der Waals surface area (Å²) in [6, 6.07) is 1.83. The Morgan fingerprint density at radius 2 is 2.14 bits per heavy atom. The number of pyridine rings is 1. The highest BCUT2D eigenvalue weighted by molar-refractivity contribution is 6.42. The van der Waals surface area contributed by atoms with Crippen LogP contribution in [0.1, 0.15) is 16.8 Å². The van der Waals surface area contributed by atoms with Crippen LogP contribution in [0.4, 0.5) is 0 Å². The molecule has 2 N–H and O–H groups in total. The van der Waals surface area contributed by atoms with Crippen molar-refractivity contribution in [3.05, 3.63) is 55.7 Å². The third-order valence-electron chi connectivity index (χ3n) is 2.88. The number of aromatic nitrogens is 3. The van der Waals surface area contributed by atoms with E-state index >= 15 is 0 Å². The quantitative estimate of drug-likeness (QED) is 0.894. The third kappa shape index (κ3) is 3.80. The minimum atomic E-state index is -0.585. The van der Waals surface area contributed by atoms with Gasteiger partial charge in [-0.05, 0) is 24.1 Å². The lowest BCUT2D eigenvalue weighted by Gasteiger charge is -2.08. The average molecular weight is 327 g/mol. The van der Waals surface area contributed by atoms with Gasteiger partial charge in [0.15, 0.2) is 0 Å². The van der Waals surface area contributed by atoms with E-state index in [4.69, 9.17) is 23.2 Å². The van der Waals surface area contributed by atoms with Crippen molar-refractivity contribution in [2.24, 2.45) is 0 Å². The van der Waals surface area contributed by atoms with Crippen LogP contribution in [0.25, 0.3) is 0 Å². The smallest absolute Gasteiger partial charge is 0.284 e. The standard InChI is InChI=1S/C13H12Cl2N4O2/c1-7-5-16-3-2-8(7)6-17-10(20)4-9-11(14)12(15)13(21)19-18-9/h2-3,5H,4,6H2,1H3,(H,17,20)(H,19,21). The molecule has 110 valence electrons. The van der Waals surface area contributed by atoms with Crippen molar-refractivity contribution in [1.29, 1.82) is 0 Å². The molecule has 1 amide bonds. The Morgan fingerprint density at radius 1 is 1.38 bits per heavy atom. The highest BCUT2D eigenvalue weighted by Crippen LogP contribution is 2.20. The number of nitrogens with zero attached hydrogens (tertiary/aromatic N) is 2. The molecule has 0 radical (unpaired) electrons. The van der Waals surface area contributed by atoms with Gasteiger partial charge in [-0.2, -0.15) is 5.10 Å². The van der Waals surface area contributed by atoms with E-state index in [1.165, 1.54) is 0 Å². The first kappa shape index (κ1) is 15.5. The van der Waals surface area contributed by atoms with E-state index in [9.17, 15) is 9.59 Å². The zero-order valence-corrected chi connectivity index (χ0v) is 12.6. The van der Waals surface area contributed by atoms with Crippen molar-refractivity contribution in [1.82, 2.24) is 20.5 Å². The van der Waals surface area contributed by atoms with Gasteiger partial charge in [0.2, 0.25) is 5.91 Å². The molecule has 6 nitrogen and oxygen atoms in total. The number of carbonyl (C=O) groups excluding carboxylic acids is 1. The zero-order valence-electron chi connectivity index (χ0n) is 11.1. The SMILES string of the molecule is Cc1cnccc1CNC(=O)Cc1n[nH]c(=O)c(Cl)c1Cl. The summed E-state index contributed by atoms with van der Waals surface area (Å²) in [5.74, 6) is -0.274. The van der Waals surface area contributed by atoms with E-state index in [0.717, 1.165) is 11.1 Å². The van der Waals surface area contributed by atoms with Crippen molar-refractivity contribution in [3.63, 3.8) is 0 Å². The van der Waals surface area contributed by atoms with E-state index in [1.807, 2.05) is 13.0 Å². The molecule has 0 aliphatic carbocycles. The molecule has 0 bridgehead atoms. The Kier molecular flexibility index (Phi) is 4.93. The molecule has 0 fully saturated rings. The van der Waals surface area contributed by atoms with Gasteiger partial charge < -0.3 is 5.32 Å². The predicted octanol–water partition coefficient (Wildman–Crippen LogP) is 1.64. The number of carbonyl (C=O) groups is 1. The maximum absolute atomic E-state index is 11.9. The summed E-state index contributed by atoms with van der Waals surface area (Å²) in [5.41, 5.74) is 1.60. The molecular weight excluding hydrogens is 315 g/mol. The van der Waals surface area contributed by atoms with Crippen LogP contribution in [0.15, 0.2) is 23.3 Å². The molecule has 8 heteroatoms. The number of amides is 1. The Hall–Kier alpha value is -1.92. The van der Waals surface area contributed by atoms with E-state index < -0.39 is 5.56 Å². The van der Waals surface area contributed by atoms with Gasteiger partial charge in [-0.1, -0.05) is 23.2 Å². The summed E-state index contributed by atoms with van der Waals surface area (Å²) in [6.45, 7) is 2.29. The molecule has 0 unspecified atom stereocenters. The van der Waals surface area contributed by atoms with Crippen LogP contribution in [-0.2, 0) is 17.8 Å². The summed E-state index contributed by atoms with van der Waals surface area (Å²) in [4.78, 5) is 27.1. The van der Waals surface area contributed by atoms with Crippen LogP contribution in [0.3, 0.4) is 0 Å². The molecule has 0 aromatic carbocycles. The Balaban J connectivity index is 2.01. The zero-order chi connectivity index (χ0) is 15.4. The second kappa shape index (κ2) is 6.69. The van der Waals surface area contributed by atoms with Crippen molar-refractivity contribution in [2.45, 2.75) is 19.9 Å². The lowest BCUT2D eigenvalue weighted by atomic mass is 10.1. The number of H-pyrrole nitrogens is 1. The van der Waals surface area contributed by atoms with Gasteiger partial charge >= 0.3 is 0 Å². The molecule has 2 aromatic rings. The van der Waals surface area contributed by atoms with Gasteiger partial charge in [0.25, 0.3) is 5.56 Å². The molecule has 0 aliphatic rings. The Labute approximate surface area is 130 Å². The van der Waals surface area contributed by atoms with Crippen LogP contribution in [0, 0.1) is 6.92 Å². The van der Waals surface area contributed by atoms with E-state index in [2.05, 4.69) is 20.5 Å². The second-order valence-electron chi connectivity index (χ2n) is 4.38. The topological polar surface area (TPSA) is 87.7 Å². The van der Waals surface area contributed by atoms with Crippen molar-refractivity contribution in [2.75, 3.05) is 0 Å². The largest absolute Gasteiger partial charge is 0.352 e. The molecule has 0 saturated heterocycles. The highest BCUT2D eigenvalue weighted by atomic mass is 35.5. The first-order valence-corrected chi connectivity index (χ1v) is 6.83. The van der Waals surface area contributed by atoms with E-state index in [-0.39, 0.29) is 28.1 Å². The van der Waals surface area contributed by atoms with Gasteiger partial charge in [0.05, 0.1) is 17.1 Å². The molecule has 0 saturated carbocycles. The maximum atomic E-state index is 11.9. The summed E-state index contributed by atoms with van der Waals surface area (Å²) in [7, 11) is 0.